The number of piperidine rings is 1. The second-order valence-electron chi connectivity index (χ2n) is 4.86. The van der Waals surface area contributed by atoms with Gasteiger partial charge in [-0.2, -0.15) is 0 Å². The van der Waals surface area contributed by atoms with E-state index in [0.717, 1.165) is 19.3 Å². The van der Waals surface area contributed by atoms with E-state index in [1.54, 1.807) is 14.2 Å². The van der Waals surface area contributed by atoms with Crippen molar-refractivity contribution in [3.05, 3.63) is 0 Å². The van der Waals surface area contributed by atoms with Crippen LogP contribution in [0, 0.1) is 0 Å². The van der Waals surface area contributed by atoms with E-state index in [1.807, 2.05) is 4.90 Å². The molecule has 2 atom stereocenters. The third kappa shape index (κ3) is 4.92. The summed E-state index contributed by atoms with van der Waals surface area (Å²) in [6, 6.07) is 0.391. The van der Waals surface area contributed by atoms with Gasteiger partial charge in [0.05, 0.1) is 19.3 Å². The van der Waals surface area contributed by atoms with Gasteiger partial charge >= 0.3 is 0 Å². The molecule has 1 amide bonds. The molecule has 0 saturated carbocycles. The zero-order chi connectivity index (χ0) is 13.4. The van der Waals surface area contributed by atoms with E-state index in [9.17, 15) is 4.79 Å². The minimum atomic E-state index is -0.0394. The highest BCUT2D eigenvalue weighted by molar-refractivity contribution is 5.82. The maximum atomic E-state index is 12.4. The third-order valence-corrected chi connectivity index (χ3v) is 3.36. The molecule has 0 aliphatic carbocycles. The number of methoxy groups -OCH3 is 2. The number of rotatable bonds is 7. The molecule has 0 aromatic carbocycles. The van der Waals surface area contributed by atoms with Gasteiger partial charge in [0, 0.05) is 33.4 Å². The summed E-state index contributed by atoms with van der Waals surface area (Å²) in [5, 5.41) is 3.38. The van der Waals surface area contributed by atoms with Crippen molar-refractivity contribution >= 4 is 5.91 Å². The summed E-state index contributed by atoms with van der Waals surface area (Å²) in [5.74, 6) is 0.177. The average Bonchev–Trinajstić information content (AvgIpc) is 2.38. The summed E-state index contributed by atoms with van der Waals surface area (Å²) in [4.78, 5) is 14.2. The summed E-state index contributed by atoms with van der Waals surface area (Å²) >= 11 is 0. The van der Waals surface area contributed by atoms with Gasteiger partial charge in [-0.25, -0.2) is 0 Å². The van der Waals surface area contributed by atoms with Gasteiger partial charge in [-0.1, -0.05) is 0 Å². The minimum Gasteiger partial charge on any atom is -0.383 e. The predicted molar refractivity (Wildman–Crippen MR) is 70.6 cm³/mol. The maximum absolute atomic E-state index is 12.4. The average molecular weight is 258 g/mol. The molecule has 2 unspecified atom stereocenters. The Labute approximate surface area is 110 Å². The number of carbonyl (C=O) groups excluding carboxylic acids is 1. The van der Waals surface area contributed by atoms with E-state index in [1.165, 1.54) is 0 Å². The molecule has 0 aromatic rings. The molecule has 1 N–H and O–H groups in total. The molecule has 0 radical (unpaired) electrons. The minimum absolute atomic E-state index is 0.0394. The van der Waals surface area contributed by atoms with Crippen LogP contribution in [0.25, 0.3) is 0 Å². The Morgan fingerprint density at radius 3 is 2.33 bits per heavy atom. The van der Waals surface area contributed by atoms with Crippen molar-refractivity contribution in [3.8, 4) is 0 Å². The smallest absolute Gasteiger partial charge is 0.239 e. The molecule has 5 heteroatoms. The second kappa shape index (κ2) is 8.45. The lowest BCUT2D eigenvalue weighted by Crippen LogP contribution is -2.52. The van der Waals surface area contributed by atoms with Crippen LogP contribution in [0.15, 0.2) is 0 Å². The van der Waals surface area contributed by atoms with Crippen LogP contribution in [0.2, 0.25) is 0 Å². The van der Waals surface area contributed by atoms with Gasteiger partial charge in [0.2, 0.25) is 5.91 Å². The van der Waals surface area contributed by atoms with Crippen LogP contribution < -0.4 is 5.32 Å². The zero-order valence-corrected chi connectivity index (χ0v) is 11.8. The number of hydrogen-bond acceptors (Lipinski definition) is 4. The summed E-state index contributed by atoms with van der Waals surface area (Å²) in [7, 11) is 3.31. The number of hydrogen-bond donors (Lipinski definition) is 1. The van der Waals surface area contributed by atoms with Gasteiger partial charge in [-0.3, -0.25) is 4.79 Å². The Kier molecular flexibility index (Phi) is 7.23. The van der Waals surface area contributed by atoms with Crippen LogP contribution in [-0.4, -0.2) is 63.4 Å². The first-order valence-electron chi connectivity index (χ1n) is 6.71. The molecular weight excluding hydrogens is 232 g/mol. The van der Waals surface area contributed by atoms with E-state index in [2.05, 4.69) is 12.2 Å². The highest BCUT2D eigenvalue weighted by Gasteiger charge is 2.27. The lowest BCUT2D eigenvalue weighted by molar-refractivity contribution is -0.135. The van der Waals surface area contributed by atoms with Crippen molar-refractivity contribution in [1.82, 2.24) is 10.2 Å². The van der Waals surface area contributed by atoms with Crippen LogP contribution in [0.1, 0.15) is 26.2 Å². The van der Waals surface area contributed by atoms with Crippen LogP contribution in [-0.2, 0) is 14.3 Å². The fraction of sp³-hybridized carbons (Fsp3) is 0.923. The van der Waals surface area contributed by atoms with Gasteiger partial charge in [0.1, 0.15) is 0 Å². The molecule has 1 saturated heterocycles. The van der Waals surface area contributed by atoms with Gasteiger partial charge in [0.25, 0.3) is 0 Å². The van der Waals surface area contributed by atoms with Crippen LogP contribution in [0.4, 0.5) is 0 Å². The van der Waals surface area contributed by atoms with Gasteiger partial charge in [-0.05, 0) is 26.2 Å². The molecule has 0 spiro atoms. The van der Waals surface area contributed by atoms with E-state index in [0.29, 0.717) is 32.3 Å². The largest absolute Gasteiger partial charge is 0.383 e. The molecule has 1 rings (SSSR count). The number of nitrogens with zero attached hydrogens (tertiary/aromatic N) is 1. The molecule has 1 aliphatic rings. The van der Waals surface area contributed by atoms with Crippen molar-refractivity contribution < 1.29 is 14.3 Å². The van der Waals surface area contributed by atoms with Crippen LogP contribution in [0.3, 0.4) is 0 Å². The van der Waals surface area contributed by atoms with E-state index < -0.39 is 0 Å². The van der Waals surface area contributed by atoms with E-state index >= 15 is 0 Å². The molecule has 1 aliphatic heterocycles. The Balaban J connectivity index is 2.50. The van der Waals surface area contributed by atoms with Crippen LogP contribution >= 0.6 is 0 Å². The molecule has 0 aromatic heterocycles. The Morgan fingerprint density at radius 2 is 1.83 bits per heavy atom. The fourth-order valence-electron chi connectivity index (χ4n) is 2.29. The van der Waals surface area contributed by atoms with Gasteiger partial charge in [0.15, 0.2) is 0 Å². The van der Waals surface area contributed by atoms with Crippen LogP contribution in [0.5, 0.6) is 0 Å². The van der Waals surface area contributed by atoms with E-state index in [4.69, 9.17) is 9.47 Å². The predicted octanol–water partition coefficient (Wildman–Crippen LogP) is 0.638. The lowest BCUT2D eigenvalue weighted by Gasteiger charge is -2.32. The Hall–Kier alpha value is -0.650. The third-order valence-electron chi connectivity index (χ3n) is 3.36. The van der Waals surface area contributed by atoms with Crippen molar-refractivity contribution in [2.24, 2.45) is 0 Å². The Bertz CT molecular complexity index is 240. The first kappa shape index (κ1) is 15.4. The monoisotopic (exact) mass is 258 g/mol. The quantitative estimate of drug-likeness (QED) is 0.728. The Morgan fingerprint density at radius 1 is 1.22 bits per heavy atom. The highest BCUT2D eigenvalue weighted by atomic mass is 16.5. The van der Waals surface area contributed by atoms with Crippen molar-refractivity contribution in [2.75, 3.05) is 40.5 Å². The lowest BCUT2D eigenvalue weighted by atomic mass is 9.98. The molecule has 1 fully saturated rings. The molecule has 18 heavy (non-hydrogen) atoms. The maximum Gasteiger partial charge on any atom is 0.239 e. The summed E-state index contributed by atoms with van der Waals surface area (Å²) < 4.78 is 10.1. The van der Waals surface area contributed by atoms with Crippen molar-refractivity contribution in [2.45, 2.75) is 38.3 Å². The number of ether oxygens (including phenoxy) is 2. The van der Waals surface area contributed by atoms with E-state index in [-0.39, 0.29) is 11.9 Å². The highest BCUT2D eigenvalue weighted by Crippen LogP contribution is 2.14. The topological polar surface area (TPSA) is 50.8 Å². The molecule has 0 bridgehead atoms. The van der Waals surface area contributed by atoms with Gasteiger partial charge < -0.3 is 19.7 Å². The number of nitrogens with one attached hydrogen (secondary N) is 1. The number of carbonyl (C=O) groups is 1. The fourth-order valence-corrected chi connectivity index (χ4v) is 2.29. The first-order chi connectivity index (χ1) is 8.69. The summed E-state index contributed by atoms with van der Waals surface area (Å²) in [6.07, 6.45) is 3.20. The SMILES string of the molecule is COCCN(CCOC)C(=O)C1CCCC(C)N1. The normalized spacial score (nSPS) is 23.9. The zero-order valence-electron chi connectivity index (χ0n) is 11.8. The molecule has 1 heterocycles. The van der Waals surface area contributed by atoms with Crippen molar-refractivity contribution in [1.29, 1.82) is 0 Å². The standard InChI is InChI=1S/C13H26N2O3/c1-11-5-4-6-12(14-11)13(16)15(7-9-17-2)8-10-18-3/h11-12,14H,4-10H2,1-3H3. The van der Waals surface area contributed by atoms with Gasteiger partial charge in [-0.15, -0.1) is 0 Å². The second-order valence-corrected chi connectivity index (χ2v) is 4.86. The summed E-state index contributed by atoms with van der Waals surface area (Å²) in [5.41, 5.74) is 0. The summed E-state index contributed by atoms with van der Waals surface area (Å²) in [6.45, 7) is 4.53. The molecule has 106 valence electrons. The first-order valence-corrected chi connectivity index (χ1v) is 6.71. The molecular formula is C13H26N2O3. The van der Waals surface area contributed by atoms with Crippen molar-refractivity contribution in [3.63, 3.8) is 0 Å². The number of amides is 1. The molecule has 5 nitrogen and oxygen atoms in total.